The first-order chi connectivity index (χ1) is 22.7. The standard InChI is InChI=1S/C26H18.C19H15N/c1-17-14-15-25-21(16-17)20-10-4-7-13-24(20)26(25)22-11-5-2-8-18(22)19-9-3-6-12-23(19)26;1-14-11-12-19-17(13-14)16-9-5-6-10-18(16)20(19)15-7-3-2-4-8-15/h2-16H,1H3;2-13H,1H3. The van der Waals surface area contributed by atoms with Crippen LogP contribution in [0, 0.1) is 13.8 Å². The second kappa shape index (κ2) is 10.2. The van der Waals surface area contributed by atoms with Gasteiger partial charge in [-0.3, -0.25) is 0 Å². The van der Waals surface area contributed by atoms with Crippen LogP contribution in [0.15, 0.2) is 164 Å². The minimum Gasteiger partial charge on any atom is -0.309 e. The molecule has 7 aromatic carbocycles. The van der Waals surface area contributed by atoms with Crippen molar-refractivity contribution in [2.75, 3.05) is 0 Å². The lowest BCUT2D eigenvalue weighted by Crippen LogP contribution is -2.25. The van der Waals surface area contributed by atoms with Crippen LogP contribution in [0.5, 0.6) is 0 Å². The normalized spacial score (nSPS) is 13.2. The molecule has 10 rings (SSSR count). The van der Waals surface area contributed by atoms with Crippen LogP contribution in [-0.2, 0) is 5.41 Å². The Morgan fingerprint density at radius 1 is 0.370 bits per heavy atom. The van der Waals surface area contributed by atoms with Gasteiger partial charge in [0.2, 0.25) is 0 Å². The lowest BCUT2D eigenvalue weighted by molar-refractivity contribution is 0.793. The number of benzene rings is 7. The van der Waals surface area contributed by atoms with Crippen molar-refractivity contribution in [2.24, 2.45) is 0 Å². The molecule has 1 spiro atoms. The third-order valence-electron chi connectivity index (χ3n) is 10.00. The Morgan fingerprint density at radius 2 is 0.848 bits per heavy atom. The van der Waals surface area contributed by atoms with E-state index in [1.54, 1.807) is 0 Å². The first kappa shape index (κ1) is 26.7. The largest absolute Gasteiger partial charge is 0.309 e. The molecule has 0 N–H and O–H groups in total. The summed E-state index contributed by atoms with van der Waals surface area (Å²) in [6.07, 6.45) is 0. The van der Waals surface area contributed by atoms with E-state index in [-0.39, 0.29) is 5.41 Å². The van der Waals surface area contributed by atoms with Gasteiger partial charge in [-0.15, -0.1) is 0 Å². The molecule has 0 bridgehead atoms. The summed E-state index contributed by atoms with van der Waals surface area (Å²) in [4.78, 5) is 0. The van der Waals surface area contributed by atoms with Gasteiger partial charge in [-0.2, -0.15) is 0 Å². The SMILES string of the molecule is Cc1ccc2c(c1)-c1ccccc1C21c2ccccc2-c2ccccc21.Cc1ccc2c(c1)c1ccccc1n2-c1ccccc1. The van der Waals surface area contributed by atoms with Crippen LogP contribution in [0.3, 0.4) is 0 Å². The van der Waals surface area contributed by atoms with Crippen molar-refractivity contribution in [3.63, 3.8) is 0 Å². The van der Waals surface area contributed by atoms with Gasteiger partial charge in [0, 0.05) is 16.5 Å². The van der Waals surface area contributed by atoms with E-state index in [0.717, 1.165) is 0 Å². The molecule has 0 fully saturated rings. The summed E-state index contributed by atoms with van der Waals surface area (Å²) in [6.45, 7) is 4.33. The van der Waals surface area contributed by atoms with Gasteiger partial charge in [-0.1, -0.05) is 145 Å². The number of para-hydroxylation sites is 2. The molecule has 0 radical (unpaired) electrons. The molecule has 2 aliphatic rings. The molecule has 0 saturated carbocycles. The molecule has 46 heavy (non-hydrogen) atoms. The molecule has 1 nitrogen and oxygen atoms in total. The number of hydrogen-bond donors (Lipinski definition) is 0. The average molecular weight is 588 g/mol. The van der Waals surface area contributed by atoms with Crippen LogP contribution in [0.25, 0.3) is 49.7 Å². The van der Waals surface area contributed by atoms with Crippen LogP contribution >= 0.6 is 0 Å². The summed E-state index contributed by atoms with van der Waals surface area (Å²) in [5.74, 6) is 0. The van der Waals surface area contributed by atoms with E-state index < -0.39 is 0 Å². The number of fused-ring (bicyclic) bond motifs is 13. The second-order valence-corrected chi connectivity index (χ2v) is 12.6. The first-order valence-electron chi connectivity index (χ1n) is 16.1. The summed E-state index contributed by atoms with van der Waals surface area (Å²) in [7, 11) is 0. The van der Waals surface area contributed by atoms with E-state index in [0.29, 0.717) is 0 Å². The molecule has 0 atom stereocenters. The van der Waals surface area contributed by atoms with Gasteiger partial charge in [0.05, 0.1) is 16.4 Å². The van der Waals surface area contributed by atoms with Crippen molar-refractivity contribution >= 4 is 21.8 Å². The minimum atomic E-state index is -0.188. The molecule has 1 heteroatoms. The molecule has 0 aliphatic heterocycles. The summed E-state index contributed by atoms with van der Waals surface area (Å²) in [5, 5.41) is 2.64. The van der Waals surface area contributed by atoms with Gasteiger partial charge < -0.3 is 4.57 Å². The monoisotopic (exact) mass is 587 g/mol. The highest BCUT2D eigenvalue weighted by atomic mass is 15.0. The van der Waals surface area contributed by atoms with E-state index in [2.05, 4.69) is 182 Å². The van der Waals surface area contributed by atoms with Crippen LogP contribution in [-0.4, -0.2) is 4.57 Å². The van der Waals surface area contributed by atoms with Gasteiger partial charge in [0.1, 0.15) is 0 Å². The fourth-order valence-corrected chi connectivity index (χ4v) is 8.16. The predicted molar refractivity (Wildman–Crippen MR) is 193 cm³/mol. The molecule has 8 aromatic rings. The van der Waals surface area contributed by atoms with Crippen molar-refractivity contribution < 1.29 is 0 Å². The lowest BCUT2D eigenvalue weighted by atomic mass is 9.70. The fraction of sp³-hybridized carbons (Fsp3) is 0.0667. The Bertz CT molecular complexity index is 2400. The Balaban J connectivity index is 0.000000131. The fourth-order valence-electron chi connectivity index (χ4n) is 8.16. The first-order valence-corrected chi connectivity index (χ1v) is 16.1. The third kappa shape index (κ3) is 3.69. The van der Waals surface area contributed by atoms with Crippen molar-refractivity contribution in [1.82, 2.24) is 4.57 Å². The summed E-state index contributed by atoms with van der Waals surface area (Å²) in [6, 6.07) is 59.6. The van der Waals surface area contributed by atoms with Gasteiger partial charge in [-0.25, -0.2) is 0 Å². The van der Waals surface area contributed by atoms with Gasteiger partial charge in [-0.05, 0) is 88.7 Å². The highest BCUT2D eigenvalue weighted by Crippen LogP contribution is 2.62. The Hall–Kier alpha value is -5.66. The molecular formula is C45H33N. The molecule has 1 aromatic heterocycles. The van der Waals surface area contributed by atoms with Gasteiger partial charge in [0.25, 0.3) is 0 Å². The predicted octanol–water partition coefficient (Wildman–Crippen LogP) is 11.4. The number of aromatic nitrogens is 1. The summed E-state index contributed by atoms with van der Waals surface area (Å²) < 4.78 is 2.34. The third-order valence-corrected chi connectivity index (χ3v) is 10.00. The Labute approximate surface area is 270 Å². The lowest BCUT2D eigenvalue weighted by Gasteiger charge is -2.30. The highest BCUT2D eigenvalue weighted by Gasteiger charge is 2.51. The van der Waals surface area contributed by atoms with E-state index in [1.807, 2.05) is 0 Å². The zero-order chi connectivity index (χ0) is 30.8. The number of hydrogen-bond acceptors (Lipinski definition) is 0. The molecule has 2 aliphatic carbocycles. The van der Waals surface area contributed by atoms with Gasteiger partial charge >= 0.3 is 0 Å². The van der Waals surface area contributed by atoms with E-state index in [4.69, 9.17) is 0 Å². The zero-order valence-electron chi connectivity index (χ0n) is 26.0. The zero-order valence-corrected chi connectivity index (χ0v) is 26.0. The molecule has 0 saturated heterocycles. The quantitative estimate of drug-likeness (QED) is 0.180. The smallest absolute Gasteiger partial charge is 0.0725 e. The molecule has 0 unspecified atom stereocenters. The minimum absolute atomic E-state index is 0.188. The maximum Gasteiger partial charge on any atom is 0.0725 e. The van der Waals surface area contributed by atoms with Crippen LogP contribution in [0.1, 0.15) is 33.4 Å². The van der Waals surface area contributed by atoms with Crippen molar-refractivity contribution in [2.45, 2.75) is 19.3 Å². The number of rotatable bonds is 1. The van der Waals surface area contributed by atoms with Crippen molar-refractivity contribution in [3.8, 4) is 27.9 Å². The maximum atomic E-state index is 2.35. The van der Waals surface area contributed by atoms with Crippen LogP contribution in [0.2, 0.25) is 0 Å². The Kier molecular flexibility index (Phi) is 5.92. The van der Waals surface area contributed by atoms with Crippen LogP contribution in [0.4, 0.5) is 0 Å². The van der Waals surface area contributed by atoms with E-state index in [9.17, 15) is 0 Å². The molecular weight excluding hydrogens is 555 g/mol. The number of aryl methyl sites for hydroxylation is 2. The topological polar surface area (TPSA) is 4.93 Å². The van der Waals surface area contributed by atoms with Crippen molar-refractivity contribution in [1.29, 1.82) is 0 Å². The second-order valence-electron chi connectivity index (χ2n) is 12.6. The highest BCUT2D eigenvalue weighted by molar-refractivity contribution is 6.09. The summed E-state index contributed by atoms with van der Waals surface area (Å²) >= 11 is 0. The maximum absolute atomic E-state index is 2.35. The van der Waals surface area contributed by atoms with E-state index in [1.165, 1.54) is 83.1 Å². The number of nitrogens with zero attached hydrogens (tertiary/aromatic N) is 1. The Morgan fingerprint density at radius 3 is 1.52 bits per heavy atom. The molecule has 1 heterocycles. The van der Waals surface area contributed by atoms with Crippen molar-refractivity contribution in [3.05, 3.63) is 197 Å². The van der Waals surface area contributed by atoms with Crippen LogP contribution < -0.4 is 0 Å². The molecule has 0 amide bonds. The summed E-state index contributed by atoms with van der Waals surface area (Å²) in [5.41, 5.74) is 17.3. The average Bonchev–Trinajstić information content (AvgIpc) is 3.70. The van der Waals surface area contributed by atoms with Gasteiger partial charge in [0.15, 0.2) is 0 Å². The van der Waals surface area contributed by atoms with E-state index >= 15 is 0 Å². The molecule has 218 valence electrons.